The fraction of sp³-hybridized carbons (Fsp3) is 0.320. The van der Waals surface area contributed by atoms with Gasteiger partial charge >= 0.3 is 5.97 Å². The van der Waals surface area contributed by atoms with E-state index in [0.29, 0.717) is 23.0 Å². The van der Waals surface area contributed by atoms with Gasteiger partial charge in [-0.3, -0.25) is 4.90 Å². The van der Waals surface area contributed by atoms with E-state index in [-0.39, 0.29) is 23.7 Å². The summed E-state index contributed by atoms with van der Waals surface area (Å²) in [6, 6.07) is 5.10. The van der Waals surface area contributed by atoms with Gasteiger partial charge in [0, 0.05) is 40.8 Å². The van der Waals surface area contributed by atoms with E-state index in [0.717, 1.165) is 29.8 Å². The van der Waals surface area contributed by atoms with Crippen LogP contribution in [0.2, 0.25) is 0 Å². The van der Waals surface area contributed by atoms with Crippen molar-refractivity contribution in [3.8, 4) is 0 Å². The molecule has 0 saturated carbocycles. The summed E-state index contributed by atoms with van der Waals surface area (Å²) in [5, 5.41) is 9.42. The summed E-state index contributed by atoms with van der Waals surface area (Å²) in [5.41, 5.74) is -0.00277. The Hall–Kier alpha value is -3.13. The molecule has 33 heavy (non-hydrogen) atoms. The quantitative estimate of drug-likeness (QED) is 0.376. The third kappa shape index (κ3) is 4.53. The Morgan fingerprint density at radius 1 is 1.21 bits per heavy atom. The first-order valence-corrected chi connectivity index (χ1v) is 10.6. The highest BCUT2D eigenvalue weighted by Crippen LogP contribution is 2.43. The fourth-order valence-corrected chi connectivity index (χ4v) is 4.65. The van der Waals surface area contributed by atoms with Crippen molar-refractivity contribution in [2.45, 2.75) is 44.9 Å². The van der Waals surface area contributed by atoms with E-state index in [1.807, 2.05) is 6.92 Å². The van der Waals surface area contributed by atoms with E-state index in [1.165, 1.54) is 26.0 Å². The number of H-pyrrole nitrogens is 1. The lowest BCUT2D eigenvalue weighted by Crippen LogP contribution is -2.48. The first-order chi connectivity index (χ1) is 15.4. The van der Waals surface area contributed by atoms with Crippen molar-refractivity contribution in [3.05, 3.63) is 76.2 Å². The number of nitrogens with one attached hydrogen (secondary N) is 1. The summed E-state index contributed by atoms with van der Waals surface area (Å²) in [6.07, 6.45) is 2.34. The average molecular weight is 460 g/mol. The highest BCUT2D eigenvalue weighted by Gasteiger charge is 2.41. The third-order valence-electron chi connectivity index (χ3n) is 5.92. The lowest BCUT2D eigenvalue weighted by molar-refractivity contribution is -0.131. The molecule has 0 bridgehead atoms. The number of carboxylic acid groups (broad SMARTS) is 1. The van der Waals surface area contributed by atoms with E-state index in [4.69, 9.17) is 5.11 Å². The molecule has 8 heteroatoms. The van der Waals surface area contributed by atoms with Gasteiger partial charge in [-0.05, 0) is 74.7 Å². The highest BCUT2D eigenvalue weighted by molar-refractivity contribution is 5.86. The van der Waals surface area contributed by atoms with Gasteiger partial charge in [-0.2, -0.15) is 0 Å². The van der Waals surface area contributed by atoms with Crippen molar-refractivity contribution in [1.82, 2.24) is 9.88 Å². The minimum Gasteiger partial charge on any atom is -0.478 e. The molecule has 2 unspecified atom stereocenters. The van der Waals surface area contributed by atoms with Gasteiger partial charge in [0.2, 0.25) is 0 Å². The second kappa shape index (κ2) is 8.33. The SMILES string of the molecule is CC1Cc2c([nH]c3ccc(F)cc23)C(c2c(F)cc(/C=C/C(=O)O)cc2F)N1CC(C)(C)F. The number of aromatic amines is 1. The molecule has 3 aromatic rings. The topological polar surface area (TPSA) is 56.3 Å². The number of alkyl halides is 1. The van der Waals surface area contributed by atoms with Crippen LogP contribution < -0.4 is 0 Å². The van der Waals surface area contributed by atoms with Crippen LogP contribution in [-0.4, -0.2) is 39.2 Å². The van der Waals surface area contributed by atoms with Crippen LogP contribution in [0.25, 0.3) is 17.0 Å². The molecule has 1 aliphatic rings. The Kier molecular flexibility index (Phi) is 5.82. The molecule has 1 aliphatic heterocycles. The molecular formula is C25H24F4N2O2. The van der Waals surface area contributed by atoms with Gasteiger partial charge in [0.1, 0.15) is 23.1 Å². The van der Waals surface area contributed by atoms with E-state index < -0.39 is 35.1 Å². The number of hydrogen-bond acceptors (Lipinski definition) is 2. The van der Waals surface area contributed by atoms with Crippen LogP contribution in [0, 0.1) is 17.5 Å². The summed E-state index contributed by atoms with van der Waals surface area (Å²) >= 11 is 0. The fourth-order valence-electron chi connectivity index (χ4n) is 4.65. The van der Waals surface area contributed by atoms with Gasteiger partial charge in [-0.25, -0.2) is 22.4 Å². The minimum absolute atomic E-state index is 0.0521. The summed E-state index contributed by atoms with van der Waals surface area (Å²) in [6.45, 7) is 4.57. The van der Waals surface area contributed by atoms with Crippen LogP contribution in [0.3, 0.4) is 0 Å². The summed E-state index contributed by atoms with van der Waals surface area (Å²) in [7, 11) is 0. The molecule has 0 radical (unpaired) electrons. The smallest absolute Gasteiger partial charge is 0.328 e. The van der Waals surface area contributed by atoms with Crippen molar-refractivity contribution in [2.75, 3.05) is 6.54 Å². The number of carbonyl (C=O) groups is 1. The number of fused-ring (bicyclic) bond motifs is 3. The molecule has 0 spiro atoms. The van der Waals surface area contributed by atoms with Gasteiger partial charge in [0.05, 0.1) is 6.04 Å². The maximum Gasteiger partial charge on any atom is 0.328 e. The minimum atomic E-state index is -1.64. The second-order valence-electron chi connectivity index (χ2n) is 9.12. The number of carboxylic acids is 1. The van der Waals surface area contributed by atoms with Crippen molar-refractivity contribution in [3.63, 3.8) is 0 Å². The number of nitrogens with zero attached hydrogens (tertiary/aromatic N) is 1. The molecule has 0 amide bonds. The Balaban J connectivity index is 1.93. The molecule has 4 nitrogen and oxygen atoms in total. The second-order valence-corrected chi connectivity index (χ2v) is 9.12. The molecule has 0 fully saturated rings. The van der Waals surface area contributed by atoms with Gasteiger partial charge in [-0.1, -0.05) is 0 Å². The molecule has 174 valence electrons. The van der Waals surface area contributed by atoms with Crippen LogP contribution in [0.1, 0.15) is 49.2 Å². The van der Waals surface area contributed by atoms with E-state index in [2.05, 4.69) is 4.98 Å². The van der Waals surface area contributed by atoms with Gasteiger partial charge in [0.15, 0.2) is 0 Å². The molecule has 4 rings (SSSR count). The van der Waals surface area contributed by atoms with Gasteiger partial charge in [-0.15, -0.1) is 0 Å². The van der Waals surface area contributed by atoms with E-state index in [9.17, 15) is 13.6 Å². The van der Waals surface area contributed by atoms with Crippen LogP contribution in [0.5, 0.6) is 0 Å². The molecule has 0 aliphatic carbocycles. The number of benzene rings is 2. The van der Waals surface area contributed by atoms with Gasteiger partial charge in [0.25, 0.3) is 0 Å². The Labute approximate surface area is 188 Å². The lowest BCUT2D eigenvalue weighted by Gasteiger charge is -2.43. The predicted molar refractivity (Wildman–Crippen MR) is 118 cm³/mol. The Bertz CT molecular complexity index is 1240. The number of rotatable bonds is 5. The standard InChI is InChI=1S/C25H24F4N2O2/c1-13-8-17-16-11-15(26)5-6-20(16)30-23(17)24(31(13)12-25(2,3)29)22-18(27)9-14(10-19(22)28)4-7-21(32)33/h4-7,9-11,13,24,30H,8,12H2,1-3H3,(H,32,33)/b7-4+. The molecule has 0 saturated heterocycles. The van der Waals surface area contributed by atoms with Crippen LogP contribution in [0.15, 0.2) is 36.4 Å². The summed E-state index contributed by atoms with van der Waals surface area (Å²) in [5.74, 6) is -3.42. The molecular weight excluding hydrogens is 436 g/mol. The summed E-state index contributed by atoms with van der Waals surface area (Å²) in [4.78, 5) is 15.7. The Morgan fingerprint density at radius 2 is 1.88 bits per heavy atom. The zero-order valence-electron chi connectivity index (χ0n) is 18.4. The van der Waals surface area contributed by atoms with E-state index >= 15 is 8.78 Å². The van der Waals surface area contributed by atoms with Crippen molar-refractivity contribution in [1.29, 1.82) is 0 Å². The van der Waals surface area contributed by atoms with Crippen molar-refractivity contribution < 1.29 is 27.5 Å². The maximum absolute atomic E-state index is 15.4. The molecule has 2 aromatic carbocycles. The average Bonchev–Trinajstić information content (AvgIpc) is 3.04. The van der Waals surface area contributed by atoms with Crippen LogP contribution in [-0.2, 0) is 11.2 Å². The number of aliphatic carboxylic acids is 1. The Morgan fingerprint density at radius 3 is 2.48 bits per heavy atom. The number of halogens is 4. The highest BCUT2D eigenvalue weighted by atomic mass is 19.1. The van der Waals surface area contributed by atoms with Gasteiger partial charge < -0.3 is 10.1 Å². The van der Waals surface area contributed by atoms with Crippen molar-refractivity contribution in [2.24, 2.45) is 0 Å². The molecule has 2 atom stereocenters. The van der Waals surface area contributed by atoms with E-state index in [1.54, 1.807) is 11.0 Å². The number of hydrogen-bond donors (Lipinski definition) is 2. The van der Waals surface area contributed by atoms with Crippen LogP contribution >= 0.6 is 0 Å². The monoisotopic (exact) mass is 460 g/mol. The molecule has 2 heterocycles. The normalized spacial score (nSPS) is 19.4. The third-order valence-corrected chi connectivity index (χ3v) is 5.92. The zero-order valence-corrected chi connectivity index (χ0v) is 18.4. The first-order valence-electron chi connectivity index (χ1n) is 10.6. The first kappa shape index (κ1) is 23.0. The lowest BCUT2D eigenvalue weighted by atomic mass is 9.87. The zero-order chi connectivity index (χ0) is 24.1. The maximum atomic E-state index is 15.4. The predicted octanol–water partition coefficient (Wildman–Crippen LogP) is 5.77. The van der Waals surface area contributed by atoms with Crippen molar-refractivity contribution >= 4 is 22.9 Å². The molecule has 2 N–H and O–H groups in total. The van der Waals surface area contributed by atoms with Crippen LogP contribution in [0.4, 0.5) is 17.6 Å². The summed E-state index contributed by atoms with van der Waals surface area (Å²) < 4.78 is 59.4. The largest absolute Gasteiger partial charge is 0.478 e. The molecule has 1 aromatic heterocycles. The number of aromatic nitrogens is 1.